The third-order valence-electron chi connectivity index (χ3n) is 4.93. The molecule has 2 bridgehead atoms. The molecule has 0 aliphatic carbocycles. The SMILES string of the molecule is CCNC(=NCCc1ccc(-c2csc(C)n2)s1)NC1CC2CCC1O2.I. The van der Waals surface area contributed by atoms with Gasteiger partial charge in [-0.1, -0.05) is 0 Å². The minimum Gasteiger partial charge on any atom is -0.373 e. The zero-order chi connectivity index (χ0) is 17.9. The fourth-order valence-electron chi connectivity index (χ4n) is 3.69. The van der Waals surface area contributed by atoms with Crippen LogP contribution in [0.3, 0.4) is 0 Å². The minimum absolute atomic E-state index is 0. The van der Waals surface area contributed by atoms with E-state index in [-0.39, 0.29) is 24.0 Å². The number of nitrogens with zero attached hydrogens (tertiary/aromatic N) is 2. The number of aryl methyl sites for hydroxylation is 1. The first kappa shape index (κ1) is 21.0. The molecule has 3 atom stereocenters. The number of nitrogens with one attached hydrogen (secondary N) is 2. The van der Waals surface area contributed by atoms with Gasteiger partial charge in [0.25, 0.3) is 0 Å². The van der Waals surface area contributed by atoms with Crippen molar-refractivity contribution in [1.29, 1.82) is 0 Å². The first-order valence-electron chi connectivity index (χ1n) is 9.43. The fraction of sp³-hybridized carbons (Fsp3) is 0.579. The molecular weight excluding hydrogens is 491 g/mol. The van der Waals surface area contributed by atoms with Crippen LogP contribution in [-0.4, -0.2) is 42.3 Å². The van der Waals surface area contributed by atoms with Gasteiger partial charge in [-0.3, -0.25) is 4.99 Å². The van der Waals surface area contributed by atoms with Gasteiger partial charge in [0.05, 0.1) is 33.8 Å². The van der Waals surface area contributed by atoms with Crippen LogP contribution in [-0.2, 0) is 11.2 Å². The molecule has 4 heterocycles. The minimum atomic E-state index is 0. The zero-order valence-corrected chi connectivity index (χ0v) is 19.7. The van der Waals surface area contributed by atoms with Crippen LogP contribution >= 0.6 is 46.7 Å². The van der Waals surface area contributed by atoms with Crippen molar-refractivity contribution in [2.75, 3.05) is 13.1 Å². The summed E-state index contributed by atoms with van der Waals surface area (Å²) < 4.78 is 5.94. The monoisotopic (exact) mass is 518 g/mol. The molecule has 0 saturated carbocycles. The highest BCUT2D eigenvalue weighted by atomic mass is 127. The maximum absolute atomic E-state index is 5.94. The average molecular weight is 518 g/mol. The van der Waals surface area contributed by atoms with Gasteiger partial charge >= 0.3 is 0 Å². The van der Waals surface area contributed by atoms with Gasteiger partial charge in [0.15, 0.2) is 5.96 Å². The molecule has 2 fully saturated rings. The predicted octanol–water partition coefficient (Wildman–Crippen LogP) is 4.22. The summed E-state index contributed by atoms with van der Waals surface area (Å²) >= 11 is 3.52. The number of ether oxygens (including phenoxy) is 1. The van der Waals surface area contributed by atoms with Gasteiger partial charge < -0.3 is 15.4 Å². The van der Waals surface area contributed by atoms with E-state index in [4.69, 9.17) is 9.73 Å². The van der Waals surface area contributed by atoms with Gasteiger partial charge in [-0.15, -0.1) is 46.7 Å². The van der Waals surface area contributed by atoms with Crippen LogP contribution < -0.4 is 10.6 Å². The number of thiophene rings is 1. The summed E-state index contributed by atoms with van der Waals surface area (Å²) in [6, 6.07) is 4.79. The molecule has 2 saturated heterocycles. The van der Waals surface area contributed by atoms with Gasteiger partial charge in [-0.05, 0) is 45.2 Å². The quantitative estimate of drug-likeness (QED) is 0.342. The summed E-state index contributed by atoms with van der Waals surface area (Å²) in [6.45, 7) is 5.82. The van der Waals surface area contributed by atoms with E-state index < -0.39 is 0 Å². The van der Waals surface area contributed by atoms with Crippen molar-refractivity contribution in [2.24, 2.45) is 4.99 Å². The fourth-order valence-corrected chi connectivity index (χ4v) is 5.33. The lowest BCUT2D eigenvalue weighted by Crippen LogP contribution is -2.47. The van der Waals surface area contributed by atoms with Gasteiger partial charge in [-0.25, -0.2) is 4.98 Å². The second kappa shape index (κ2) is 9.67. The van der Waals surface area contributed by atoms with Crippen molar-refractivity contribution < 1.29 is 4.74 Å². The van der Waals surface area contributed by atoms with Gasteiger partial charge in [0.1, 0.15) is 0 Å². The molecule has 3 unspecified atom stereocenters. The van der Waals surface area contributed by atoms with Gasteiger partial charge in [-0.2, -0.15) is 0 Å². The Bertz CT molecular complexity index is 775. The molecule has 2 aromatic heterocycles. The normalized spacial score (nSPS) is 24.1. The highest BCUT2D eigenvalue weighted by Crippen LogP contribution is 2.34. The Kier molecular flexibility index (Phi) is 7.52. The Morgan fingerprint density at radius 2 is 2.26 bits per heavy atom. The van der Waals surface area contributed by atoms with Crippen LogP contribution in [0.15, 0.2) is 22.5 Å². The zero-order valence-electron chi connectivity index (χ0n) is 15.7. The number of hydrogen-bond acceptors (Lipinski definition) is 5. The van der Waals surface area contributed by atoms with Gasteiger partial charge in [0.2, 0.25) is 0 Å². The lowest BCUT2D eigenvalue weighted by Gasteiger charge is -2.22. The number of rotatable bonds is 6. The third kappa shape index (κ3) is 5.21. The largest absolute Gasteiger partial charge is 0.373 e. The molecule has 2 N–H and O–H groups in total. The molecule has 0 aromatic carbocycles. The molecule has 0 radical (unpaired) electrons. The number of hydrogen-bond donors (Lipinski definition) is 2. The molecular formula is C19H27IN4OS2. The summed E-state index contributed by atoms with van der Waals surface area (Å²) in [5.41, 5.74) is 1.10. The van der Waals surface area contributed by atoms with E-state index in [1.807, 2.05) is 18.3 Å². The van der Waals surface area contributed by atoms with E-state index in [0.717, 1.165) is 42.6 Å². The van der Waals surface area contributed by atoms with Crippen LogP contribution in [0.25, 0.3) is 10.6 Å². The molecule has 2 aromatic rings. The molecule has 2 aliphatic rings. The van der Waals surface area contributed by atoms with Crippen LogP contribution in [0.1, 0.15) is 36.1 Å². The smallest absolute Gasteiger partial charge is 0.191 e. The van der Waals surface area contributed by atoms with E-state index in [1.165, 1.54) is 22.6 Å². The molecule has 2 aliphatic heterocycles. The second-order valence-corrected chi connectivity index (χ2v) is 9.12. The summed E-state index contributed by atoms with van der Waals surface area (Å²) in [7, 11) is 0. The van der Waals surface area contributed by atoms with Crippen molar-refractivity contribution in [3.8, 4) is 10.6 Å². The van der Waals surface area contributed by atoms with E-state index >= 15 is 0 Å². The standard InChI is InChI=1S/C19H26N4OS2.HI/c1-3-20-19(23-15-10-13-4-6-17(15)24-13)21-9-8-14-5-7-18(26-14)16-11-25-12(2)22-16;/h5,7,11,13,15,17H,3-4,6,8-10H2,1-2H3,(H2,20,21,23);1H. The van der Waals surface area contributed by atoms with Crippen molar-refractivity contribution in [1.82, 2.24) is 15.6 Å². The van der Waals surface area contributed by atoms with E-state index in [1.54, 1.807) is 11.3 Å². The molecule has 0 amide bonds. The van der Waals surface area contributed by atoms with E-state index in [0.29, 0.717) is 18.2 Å². The van der Waals surface area contributed by atoms with Crippen molar-refractivity contribution in [2.45, 2.75) is 57.8 Å². The highest BCUT2D eigenvalue weighted by molar-refractivity contribution is 14.0. The lowest BCUT2D eigenvalue weighted by atomic mass is 9.96. The van der Waals surface area contributed by atoms with Crippen molar-refractivity contribution in [3.63, 3.8) is 0 Å². The average Bonchev–Trinajstić information content (AvgIpc) is 3.39. The Labute approximate surface area is 186 Å². The van der Waals surface area contributed by atoms with Crippen molar-refractivity contribution >= 4 is 52.6 Å². The number of thiazole rings is 1. The van der Waals surface area contributed by atoms with Gasteiger partial charge in [0, 0.05) is 29.8 Å². The molecule has 27 heavy (non-hydrogen) atoms. The Morgan fingerprint density at radius 1 is 1.37 bits per heavy atom. The molecule has 5 nitrogen and oxygen atoms in total. The number of aromatic nitrogens is 1. The highest BCUT2D eigenvalue weighted by Gasteiger charge is 2.41. The number of fused-ring (bicyclic) bond motifs is 2. The van der Waals surface area contributed by atoms with Crippen LogP contribution in [0, 0.1) is 6.92 Å². The first-order valence-corrected chi connectivity index (χ1v) is 11.1. The molecule has 148 valence electrons. The summed E-state index contributed by atoms with van der Waals surface area (Å²) in [6.07, 6.45) is 5.28. The first-order chi connectivity index (χ1) is 12.7. The molecule has 0 spiro atoms. The topological polar surface area (TPSA) is 58.5 Å². The van der Waals surface area contributed by atoms with Crippen molar-refractivity contribution in [3.05, 3.63) is 27.4 Å². The van der Waals surface area contributed by atoms with Crippen LogP contribution in [0.5, 0.6) is 0 Å². The van der Waals surface area contributed by atoms with Crippen LogP contribution in [0.2, 0.25) is 0 Å². The summed E-state index contributed by atoms with van der Waals surface area (Å²) in [4.78, 5) is 11.9. The molecule has 4 rings (SSSR count). The molecule has 8 heteroatoms. The maximum atomic E-state index is 5.94. The number of aliphatic imine (C=N–C) groups is 1. The third-order valence-corrected chi connectivity index (χ3v) is 6.87. The Hall–Kier alpha value is -0.710. The van der Waals surface area contributed by atoms with E-state index in [9.17, 15) is 0 Å². The maximum Gasteiger partial charge on any atom is 0.191 e. The summed E-state index contributed by atoms with van der Waals surface area (Å²) in [5.74, 6) is 0.917. The van der Waals surface area contributed by atoms with Crippen LogP contribution in [0.4, 0.5) is 0 Å². The predicted molar refractivity (Wildman–Crippen MR) is 125 cm³/mol. The summed E-state index contributed by atoms with van der Waals surface area (Å²) in [5, 5.41) is 10.2. The Balaban J connectivity index is 0.00000210. The Morgan fingerprint density at radius 3 is 2.93 bits per heavy atom. The second-order valence-electron chi connectivity index (χ2n) is 6.89. The number of guanidine groups is 1. The lowest BCUT2D eigenvalue weighted by molar-refractivity contribution is 0.0992. The van der Waals surface area contributed by atoms with E-state index in [2.05, 4.69) is 40.1 Å². The number of halogens is 1.